The summed E-state index contributed by atoms with van der Waals surface area (Å²) in [7, 11) is 1.41. The number of amides is 1. The lowest BCUT2D eigenvalue weighted by atomic mass is 10.1. The Bertz CT molecular complexity index is 963. The van der Waals surface area contributed by atoms with E-state index in [0.717, 1.165) is 4.90 Å². The lowest BCUT2D eigenvalue weighted by Crippen LogP contribution is -2.32. The fourth-order valence-electron chi connectivity index (χ4n) is 2.47. The molecule has 0 aromatic heterocycles. The highest BCUT2D eigenvalue weighted by Gasteiger charge is 2.14. The van der Waals surface area contributed by atoms with Crippen LogP contribution in [-0.2, 0) is 9.59 Å². The van der Waals surface area contributed by atoms with Crippen molar-refractivity contribution in [3.63, 3.8) is 0 Å². The van der Waals surface area contributed by atoms with Gasteiger partial charge in [-0.05, 0) is 55.0 Å². The maximum absolute atomic E-state index is 12.2. The Morgan fingerprint density at radius 2 is 1.62 bits per heavy atom. The zero-order valence-corrected chi connectivity index (χ0v) is 16.0. The highest BCUT2D eigenvalue weighted by molar-refractivity contribution is 5.98. The van der Waals surface area contributed by atoms with E-state index in [1.807, 2.05) is 0 Å². The molecule has 0 aliphatic carbocycles. The predicted molar refractivity (Wildman–Crippen MR) is 108 cm³/mol. The molecule has 0 aliphatic rings. The van der Waals surface area contributed by atoms with Crippen LogP contribution in [0.5, 0.6) is 5.75 Å². The Balaban J connectivity index is 2.05. The fourth-order valence-corrected chi connectivity index (χ4v) is 2.47. The molecule has 0 bridgehead atoms. The number of nitrogens with zero attached hydrogens (tertiary/aromatic N) is 1. The molecule has 0 atom stereocenters. The maximum atomic E-state index is 12.2. The number of aliphatic carboxylic acids is 1. The molecule has 8 nitrogen and oxygen atoms in total. The van der Waals surface area contributed by atoms with Crippen molar-refractivity contribution in [3.05, 3.63) is 70.8 Å². The number of ether oxygens (including phenoxy) is 1. The summed E-state index contributed by atoms with van der Waals surface area (Å²) in [5.41, 5.74) is 7.29. The topological polar surface area (TPSA) is 134 Å². The summed E-state index contributed by atoms with van der Waals surface area (Å²) >= 11 is 0. The summed E-state index contributed by atoms with van der Waals surface area (Å²) in [6.07, 6.45) is 1.61. The lowest BCUT2D eigenvalue weighted by molar-refractivity contribution is -0.142. The van der Waals surface area contributed by atoms with Crippen LogP contribution < -0.4 is 10.5 Å². The number of amidine groups is 1. The van der Waals surface area contributed by atoms with Gasteiger partial charge in [0.05, 0.1) is 5.56 Å². The van der Waals surface area contributed by atoms with E-state index < -0.39 is 17.8 Å². The van der Waals surface area contributed by atoms with Gasteiger partial charge in [-0.2, -0.15) is 0 Å². The van der Waals surface area contributed by atoms with Gasteiger partial charge in [-0.25, -0.2) is 4.79 Å². The minimum Gasteiger partial charge on any atom is -0.480 e. The minimum absolute atomic E-state index is 0.0746. The van der Waals surface area contributed by atoms with Gasteiger partial charge in [0.15, 0.2) is 0 Å². The number of nitrogens with two attached hydrogens (primary N) is 1. The Morgan fingerprint density at radius 1 is 1.07 bits per heavy atom. The van der Waals surface area contributed by atoms with Crippen molar-refractivity contribution in [2.75, 3.05) is 13.6 Å². The highest BCUT2D eigenvalue weighted by Crippen LogP contribution is 2.16. The summed E-state index contributed by atoms with van der Waals surface area (Å²) in [6, 6.07) is 12.7. The molecule has 2 rings (SSSR count). The van der Waals surface area contributed by atoms with Crippen LogP contribution in [0.25, 0.3) is 6.08 Å². The monoisotopic (exact) mass is 395 g/mol. The second kappa shape index (κ2) is 9.32. The number of carbonyl (C=O) groups excluding carboxylic acids is 2. The van der Waals surface area contributed by atoms with Crippen molar-refractivity contribution < 1.29 is 24.2 Å². The summed E-state index contributed by atoms with van der Waals surface area (Å²) in [6.45, 7) is 1.20. The number of likely N-dealkylation sites (N-methyl/N-ethyl adjacent to an activating group) is 1. The van der Waals surface area contributed by atoms with E-state index in [1.165, 1.54) is 7.05 Å². The number of nitrogen functional groups attached to an aromatic ring is 1. The number of benzene rings is 2. The van der Waals surface area contributed by atoms with E-state index in [1.54, 1.807) is 61.5 Å². The van der Waals surface area contributed by atoms with Gasteiger partial charge >= 0.3 is 11.9 Å². The average molecular weight is 395 g/mol. The first kappa shape index (κ1) is 21.4. The molecule has 1 amide bonds. The SMILES string of the molecule is C/C(=C\c1ccc(C(=O)Oc2ccc(C(=N)N)cc2)cc1)C(=O)N(C)CC(=O)O. The van der Waals surface area contributed by atoms with Gasteiger partial charge in [-0.1, -0.05) is 12.1 Å². The van der Waals surface area contributed by atoms with Crippen molar-refractivity contribution in [3.8, 4) is 5.75 Å². The number of nitrogens with one attached hydrogen (secondary N) is 1. The maximum Gasteiger partial charge on any atom is 0.343 e. The van der Waals surface area contributed by atoms with E-state index in [4.69, 9.17) is 21.0 Å². The third-order valence-electron chi connectivity index (χ3n) is 3.96. The second-order valence-corrected chi connectivity index (χ2v) is 6.33. The van der Waals surface area contributed by atoms with Crippen LogP contribution >= 0.6 is 0 Å². The largest absolute Gasteiger partial charge is 0.480 e. The van der Waals surface area contributed by atoms with E-state index in [-0.39, 0.29) is 12.4 Å². The zero-order chi connectivity index (χ0) is 21.6. The summed E-state index contributed by atoms with van der Waals surface area (Å²) < 4.78 is 5.28. The van der Waals surface area contributed by atoms with Gasteiger partial charge in [0.1, 0.15) is 18.1 Å². The predicted octanol–water partition coefficient (Wildman–Crippen LogP) is 2.14. The standard InChI is InChI=1S/C21H21N3O5/c1-13(20(27)24(2)12-18(25)26)11-14-3-5-16(6-4-14)21(28)29-17-9-7-15(8-10-17)19(22)23/h3-11H,12H2,1-2H3,(H3,22,23)(H,25,26)/b13-11+. The Morgan fingerprint density at radius 3 is 2.14 bits per heavy atom. The summed E-state index contributed by atoms with van der Waals surface area (Å²) in [5.74, 6) is -1.79. The van der Waals surface area contributed by atoms with Crippen LogP contribution in [-0.4, -0.2) is 47.3 Å². The van der Waals surface area contributed by atoms with Crippen LogP contribution in [0, 0.1) is 5.41 Å². The number of hydrogen-bond acceptors (Lipinski definition) is 5. The van der Waals surface area contributed by atoms with Crippen LogP contribution in [0.1, 0.15) is 28.4 Å². The van der Waals surface area contributed by atoms with Gasteiger partial charge in [-0.3, -0.25) is 15.0 Å². The number of hydrogen-bond donors (Lipinski definition) is 3. The van der Waals surface area contributed by atoms with Crippen molar-refractivity contribution in [2.45, 2.75) is 6.92 Å². The van der Waals surface area contributed by atoms with Crippen molar-refractivity contribution in [1.29, 1.82) is 5.41 Å². The van der Waals surface area contributed by atoms with E-state index in [2.05, 4.69) is 0 Å². The van der Waals surface area contributed by atoms with Gasteiger partial charge < -0.3 is 20.5 Å². The molecule has 0 unspecified atom stereocenters. The normalized spacial score (nSPS) is 10.9. The lowest BCUT2D eigenvalue weighted by Gasteiger charge is -2.14. The quantitative estimate of drug-likeness (QED) is 0.216. The first-order chi connectivity index (χ1) is 13.7. The molecule has 0 heterocycles. The molecule has 8 heteroatoms. The number of esters is 1. The summed E-state index contributed by atoms with van der Waals surface area (Å²) in [5, 5.41) is 16.1. The molecule has 4 N–H and O–H groups in total. The Kier molecular flexibility index (Phi) is 6.86. The third-order valence-corrected chi connectivity index (χ3v) is 3.96. The van der Waals surface area contributed by atoms with Crippen molar-refractivity contribution >= 4 is 29.8 Å². The zero-order valence-electron chi connectivity index (χ0n) is 16.0. The van der Waals surface area contributed by atoms with Crippen LogP contribution in [0.15, 0.2) is 54.1 Å². The Hall–Kier alpha value is -3.94. The fraction of sp³-hybridized carbons (Fsp3) is 0.143. The molecule has 2 aromatic rings. The van der Waals surface area contributed by atoms with E-state index >= 15 is 0 Å². The van der Waals surface area contributed by atoms with Gasteiger partial charge in [0, 0.05) is 18.2 Å². The van der Waals surface area contributed by atoms with Crippen molar-refractivity contribution in [2.24, 2.45) is 5.73 Å². The molecule has 0 saturated carbocycles. The first-order valence-electron chi connectivity index (χ1n) is 8.59. The molecule has 0 fully saturated rings. The van der Waals surface area contributed by atoms with Gasteiger partial charge in [-0.15, -0.1) is 0 Å². The van der Waals surface area contributed by atoms with Crippen LogP contribution in [0.2, 0.25) is 0 Å². The van der Waals surface area contributed by atoms with Crippen LogP contribution in [0.3, 0.4) is 0 Å². The van der Waals surface area contributed by atoms with Gasteiger partial charge in [0.25, 0.3) is 0 Å². The molecular formula is C21H21N3O5. The third kappa shape index (κ3) is 6.03. The molecule has 0 saturated heterocycles. The highest BCUT2D eigenvalue weighted by atomic mass is 16.5. The summed E-state index contributed by atoms with van der Waals surface area (Å²) in [4.78, 5) is 36.2. The smallest absolute Gasteiger partial charge is 0.343 e. The van der Waals surface area contributed by atoms with Crippen molar-refractivity contribution in [1.82, 2.24) is 4.90 Å². The van der Waals surface area contributed by atoms with Crippen LogP contribution in [0.4, 0.5) is 0 Å². The molecule has 0 aliphatic heterocycles. The average Bonchev–Trinajstić information content (AvgIpc) is 2.67. The Labute approximate surface area is 167 Å². The minimum atomic E-state index is -1.09. The molecular weight excluding hydrogens is 374 g/mol. The number of rotatable bonds is 7. The molecule has 0 radical (unpaired) electrons. The number of carboxylic acids is 1. The molecule has 2 aromatic carbocycles. The molecule has 29 heavy (non-hydrogen) atoms. The molecule has 150 valence electrons. The van der Waals surface area contributed by atoms with Gasteiger partial charge in [0.2, 0.25) is 5.91 Å². The number of carboxylic acid groups (broad SMARTS) is 1. The second-order valence-electron chi connectivity index (χ2n) is 6.33. The van der Waals surface area contributed by atoms with E-state index in [9.17, 15) is 14.4 Å². The molecule has 0 spiro atoms. The first-order valence-corrected chi connectivity index (χ1v) is 8.59. The van der Waals surface area contributed by atoms with E-state index in [0.29, 0.717) is 28.0 Å². The number of carbonyl (C=O) groups is 3.